The minimum absolute atomic E-state index is 0.0648. The highest BCUT2D eigenvalue weighted by Gasteiger charge is 2.30. The van der Waals surface area contributed by atoms with Crippen molar-refractivity contribution in [3.05, 3.63) is 12.2 Å². The first-order valence-corrected chi connectivity index (χ1v) is 4.96. The first-order valence-electron chi connectivity index (χ1n) is 4.96. The molecule has 0 aromatic rings. The Labute approximate surface area is 79.6 Å². The van der Waals surface area contributed by atoms with E-state index in [4.69, 9.17) is 0 Å². The summed E-state index contributed by atoms with van der Waals surface area (Å²) in [5.41, 5.74) is 0.0648. The maximum absolute atomic E-state index is 9.49. The Hall–Kier alpha value is -0.790. The van der Waals surface area contributed by atoms with Gasteiger partial charge in [-0.15, -0.1) is 0 Å². The second-order valence-electron chi connectivity index (χ2n) is 4.19. The topological polar surface area (TPSA) is 40.1 Å². The lowest BCUT2D eigenvalue weighted by atomic mass is 10.0. The average molecular weight is 181 g/mol. The van der Waals surface area contributed by atoms with E-state index in [1.807, 2.05) is 0 Å². The van der Waals surface area contributed by atoms with Crippen molar-refractivity contribution >= 4 is 5.97 Å². The van der Waals surface area contributed by atoms with Crippen LogP contribution >= 0.6 is 0 Å². The number of carboxylic acid groups (broad SMARTS) is 1. The molecule has 0 radical (unpaired) electrons. The van der Waals surface area contributed by atoms with Gasteiger partial charge in [-0.2, -0.15) is 0 Å². The minimum Gasteiger partial charge on any atom is -0.545 e. The van der Waals surface area contributed by atoms with E-state index >= 15 is 0 Å². The van der Waals surface area contributed by atoms with Crippen LogP contribution in [0.4, 0.5) is 0 Å². The molecule has 74 valence electrons. The van der Waals surface area contributed by atoms with Crippen LogP contribution in [0.3, 0.4) is 0 Å². The van der Waals surface area contributed by atoms with E-state index < -0.39 is 5.97 Å². The summed E-state index contributed by atoms with van der Waals surface area (Å²) in [5.74, 6) is 1.16. The van der Waals surface area contributed by atoms with E-state index in [2.05, 4.69) is 6.58 Å². The fourth-order valence-corrected chi connectivity index (χ4v) is 2.17. The van der Waals surface area contributed by atoms with Gasteiger partial charge >= 0.3 is 0 Å². The molecule has 2 bridgehead atoms. The SMILES string of the molecule is C1CC2CCC1C2.C=C(C)C(=O)[O-]. The highest BCUT2D eigenvalue weighted by atomic mass is 16.4. The molecule has 0 saturated heterocycles. The number of fused-ring (bicyclic) bond motifs is 2. The second kappa shape index (κ2) is 4.45. The summed E-state index contributed by atoms with van der Waals surface area (Å²) in [7, 11) is 0. The lowest BCUT2D eigenvalue weighted by molar-refractivity contribution is -0.299. The molecule has 0 unspecified atom stereocenters. The number of carbonyl (C=O) groups is 1. The highest BCUT2D eigenvalue weighted by Crippen LogP contribution is 2.43. The van der Waals surface area contributed by atoms with Gasteiger partial charge in [-0.1, -0.05) is 32.3 Å². The smallest absolute Gasteiger partial charge is 0.0666 e. The van der Waals surface area contributed by atoms with Gasteiger partial charge in [0.25, 0.3) is 0 Å². The van der Waals surface area contributed by atoms with Gasteiger partial charge < -0.3 is 9.90 Å². The van der Waals surface area contributed by atoms with Crippen LogP contribution in [0.25, 0.3) is 0 Å². The number of hydrogen-bond acceptors (Lipinski definition) is 2. The van der Waals surface area contributed by atoms with Crippen LogP contribution in [0.2, 0.25) is 0 Å². The van der Waals surface area contributed by atoms with E-state index in [0.29, 0.717) is 0 Å². The van der Waals surface area contributed by atoms with Gasteiger partial charge in [0.2, 0.25) is 0 Å². The average Bonchev–Trinajstić information content (AvgIpc) is 2.67. The molecule has 0 spiro atoms. The first-order chi connectivity index (χ1) is 6.09. The maximum Gasteiger partial charge on any atom is 0.0666 e. The number of aliphatic carboxylic acids is 1. The van der Waals surface area contributed by atoms with Crippen molar-refractivity contribution in [3.8, 4) is 0 Å². The first kappa shape index (κ1) is 10.3. The largest absolute Gasteiger partial charge is 0.545 e. The van der Waals surface area contributed by atoms with E-state index in [-0.39, 0.29) is 5.57 Å². The molecule has 0 heterocycles. The van der Waals surface area contributed by atoms with Crippen molar-refractivity contribution in [1.82, 2.24) is 0 Å². The van der Waals surface area contributed by atoms with E-state index in [1.165, 1.54) is 18.8 Å². The standard InChI is InChI=1S/C7H12.C4H6O2/c1-2-7-4-3-6(1)5-7;1-3(2)4(5)6/h6-7H,1-5H2;1H2,2H3,(H,5,6)/p-1. The Bertz CT molecular complexity index is 178. The lowest BCUT2D eigenvalue weighted by Gasteiger charge is -2.05. The van der Waals surface area contributed by atoms with Crippen LogP contribution in [0.15, 0.2) is 12.2 Å². The number of hydrogen-bond donors (Lipinski definition) is 0. The number of rotatable bonds is 1. The Morgan fingerprint density at radius 2 is 1.54 bits per heavy atom. The van der Waals surface area contributed by atoms with Crippen LogP contribution in [-0.4, -0.2) is 5.97 Å². The molecular weight excluding hydrogens is 164 g/mol. The van der Waals surface area contributed by atoms with Gasteiger partial charge in [0, 0.05) is 0 Å². The second-order valence-corrected chi connectivity index (χ2v) is 4.19. The predicted molar refractivity (Wildman–Crippen MR) is 49.9 cm³/mol. The molecular formula is C11H17O2-. The van der Waals surface area contributed by atoms with Gasteiger partial charge in [0.1, 0.15) is 0 Å². The normalized spacial score (nSPS) is 29.3. The van der Waals surface area contributed by atoms with Crippen molar-refractivity contribution in [2.45, 2.75) is 39.0 Å². The third-order valence-corrected chi connectivity index (χ3v) is 2.98. The molecule has 2 saturated carbocycles. The zero-order chi connectivity index (χ0) is 9.84. The van der Waals surface area contributed by atoms with Gasteiger partial charge in [-0.25, -0.2) is 0 Å². The fourth-order valence-electron chi connectivity index (χ4n) is 2.17. The Morgan fingerprint density at radius 3 is 1.62 bits per heavy atom. The van der Waals surface area contributed by atoms with Gasteiger partial charge in [0.15, 0.2) is 0 Å². The fraction of sp³-hybridized carbons (Fsp3) is 0.727. The summed E-state index contributed by atoms with van der Waals surface area (Å²) in [4.78, 5) is 9.49. The minimum atomic E-state index is -1.19. The summed E-state index contributed by atoms with van der Waals surface area (Å²) >= 11 is 0. The molecule has 13 heavy (non-hydrogen) atoms. The van der Waals surface area contributed by atoms with Crippen LogP contribution in [0.1, 0.15) is 39.0 Å². The molecule has 2 aliphatic carbocycles. The highest BCUT2D eigenvalue weighted by molar-refractivity contribution is 5.82. The zero-order valence-corrected chi connectivity index (χ0v) is 8.21. The third kappa shape index (κ3) is 3.21. The van der Waals surface area contributed by atoms with Crippen molar-refractivity contribution in [3.63, 3.8) is 0 Å². The molecule has 0 amide bonds. The van der Waals surface area contributed by atoms with Crippen LogP contribution < -0.4 is 5.11 Å². The van der Waals surface area contributed by atoms with Crippen molar-refractivity contribution in [1.29, 1.82) is 0 Å². The summed E-state index contributed by atoms with van der Waals surface area (Å²) in [6.45, 7) is 4.48. The van der Waals surface area contributed by atoms with Crippen LogP contribution in [0.5, 0.6) is 0 Å². The maximum atomic E-state index is 9.49. The molecule has 0 atom stereocenters. The molecule has 2 rings (SSSR count). The third-order valence-electron chi connectivity index (χ3n) is 2.98. The number of carbonyl (C=O) groups excluding carboxylic acids is 1. The molecule has 0 N–H and O–H groups in total. The zero-order valence-electron chi connectivity index (χ0n) is 8.21. The summed E-state index contributed by atoms with van der Waals surface area (Å²) in [5, 5.41) is 9.49. The van der Waals surface area contributed by atoms with E-state index in [9.17, 15) is 9.90 Å². The molecule has 2 heteroatoms. The molecule has 2 fully saturated rings. The van der Waals surface area contributed by atoms with Gasteiger partial charge in [-0.3, -0.25) is 0 Å². The summed E-state index contributed by atoms with van der Waals surface area (Å²) in [6, 6.07) is 0. The lowest BCUT2D eigenvalue weighted by Crippen LogP contribution is -2.22. The predicted octanol–water partition coefficient (Wildman–Crippen LogP) is 1.51. The van der Waals surface area contributed by atoms with Crippen LogP contribution in [0, 0.1) is 11.8 Å². The van der Waals surface area contributed by atoms with E-state index in [1.54, 1.807) is 32.1 Å². The molecule has 2 nitrogen and oxygen atoms in total. The number of carboxylic acids is 1. The molecule has 0 aromatic heterocycles. The van der Waals surface area contributed by atoms with E-state index in [0.717, 1.165) is 0 Å². The van der Waals surface area contributed by atoms with Crippen molar-refractivity contribution in [2.75, 3.05) is 0 Å². The quantitative estimate of drug-likeness (QED) is 0.575. The van der Waals surface area contributed by atoms with Gasteiger partial charge in [0.05, 0.1) is 5.97 Å². The van der Waals surface area contributed by atoms with Gasteiger partial charge in [-0.05, 0) is 30.8 Å². The van der Waals surface area contributed by atoms with Crippen LogP contribution in [-0.2, 0) is 4.79 Å². The molecule has 0 aromatic carbocycles. The summed E-state index contributed by atoms with van der Waals surface area (Å²) in [6.07, 6.45) is 7.82. The Kier molecular flexibility index (Phi) is 3.52. The molecule has 0 aliphatic heterocycles. The summed E-state index contributed by atoms with van der Waals surface area (Å²) < 4.78 is 0. The van der Waals surface area contributed by atoms with Crippen molar-refractivity contribution < 1.29 is 9.90 Å². The molecule has 2 aliphatic rings. The van der Waals surface area contributed by atoms with Crippen molar-refractivity contribution in [2.24, 2.45) is 11.8 Å². The monoisotopic (exact) mass is 181 g/mol. The Morgan fingerprint density at radius 1 is 1.23 bits per heavy atom. The Balaban J connectivity index is 0.000000133.